The summed E-state index contributed by atoms with van der Waals surface area (Å²) in [4.78, 5) is 12.2. The van der Waals surface area contributed by atoms with Crippen molar-refractivity contribution in [1.29, 1.82) is 0 Å². The van der Waals surface area contributed by atoms with Gasteiger partial charge in [0.2, 0.25) is 0 Å². The third kappa shape index (κ3) is 4.25. The number of carbonyl (C=O) groups excluding carboxylic acids is 1. The van der Waals surface area contributed by atoms with Crippen LogP contribution >= 0.6 is 43.5 Å². The molecule has 0 radical (unpaired) electrons. The van der Waals surface area contributed by atoms with Crippen molar-refractivity contribution in [2.45, 2.75) is 32.2 Å². The van der Waals surface area contributed by atoms with Crippen molar-refractivity contribution in [2.24, 2.45) is 0 Å². The molecule has 0 fully saturated rings. The smallest absolute Gasteiger partial charge is 0.251 e. The Labute approximate surface area is 130 Å². The molecule has 1 rings (SSSR count). The average molecular weight is 398 g/mol. The fourth-order valence-corrected chi connectivity index (χ4v) is 2.82. The Morgan fingerprint density at radius 2 is 2.17 bits per heavy atom. The van der Waals surface area contributed by atoms with Gasteiger partial charge in [-0.2, -0.15) is 0 Å². The average Bonchev–Trinajstić information content (AvgIpc) is 2.32. The largest absolute Gasteiger partial charge is 0.347 e. The van der Waals surface area contributed by atoms with Crippen LogP contribution in [-0.2, 0) is 0 Å². The number of rotatable bonds is 5. The van der Waals surface area contributed by atoms with Crippen molar-refractivity contribution in [3.05, 3.63) is 33.3 Å². The van der Waals surface area contributed by atoms with E-state index in [1.165, 1.54) is 0 Å². The molecule has 0 spiro atoms. The Balaban J connectivity index is 2.84. The van der Waals surface area contributed by atoms with Gasteiger partial charge in [-0.05, 0) is 53.9 Å². The van der Waals surface area contributed by atoms with Crippen LogP contribution in [0.1, 0.15) is 37.0 Å². The summed E-state index contributed by atoms with van der Waals surface area (Å²) < 4.78 is 0.791. The minimum Gasteiger partial charge on any atom is -0.347 e. The summed E-state index contributed by atoms with van der Waals surface area (Å²) in [5, 5.41) is 4.47. The Bertz CT molecular complexity index is 439. The number of alkyl halides is 1. The monoisotopic (exact) mass is 395 g/mol. The van der Waals surface area contributed by atoms with Gasteiger partial charge in [0.25, 0.3) is 5.91 Å². The number of nitrogens with one attached hydrogen (secondary N) is 1. The number of hydrogen-bond donors (Lipinski definition) is 1. The first-order chi connectivity index (χ1) is 8.41. The zero-order valence-corrected chi connectivity index (χ0v) is 14.3. The van der Waals surface area contributed by atoms with Crippen LogP contribution in [0.5, 0.6) is 0 Å². The lowest BCUT2D eigenvalue weighted by Crippen LogP contribution is -2.45. The van der Waals surface area contributed by atoms with Gasteiger partial charge in [0.1, 0.15) is 0 Å². The standard InChI is InChI=1S/C13H16Br2ClNO/c1-3-13(2,6-7-14)17-12(18)9-4-5-10(15)11(16)8-9/h4-5,8H,3,6-7H2,1-2H3,(H,17,18). The third-order valence-electron chi connectivity index (χ3n) is 3.02. The number of carbonyl (C=O) groups is 1. The molecule has 18 heavy (non-hydrogen) atoms. The summed E-state index contributed by atoms with van der Waals surface area (Å²) >= 11 is 12.7. The predicted octanol–water partition coefficient (Wildman–Crippen LogP) is 4.79. The lowest BCUT2D eigenvalue weighted by atomic mass is 9.95. The quantitative estimate of drug-likeness (QED) is 0.712. The molecular formula is C13H16Br2ClNO. The van der Waals surface area contributed by atoms with E-state index in [1.54, 1.807) is 18.2 Å². The van der Waals surface area contributed by atoms with Crippen molar-refractivity contribution in [3.63, 3.8) is 0 Å². The Morgan fingerprint density at radius 1 is 1.50 bits per heavy atom. The summed E-state index contributed by atoms with van der Waals surface area (Å²) in [5.41, 5.74) is 0.387. The van der Waals surface area contributed by atoms with E-state index in [0.29, 0.717) is 10.6 Å². The zero-order valence-electron chi connectivity index (χ0n) is 10.4. The van der Waals surface area contributed by atoms with Crippen molar-refractivity contribution in [1.82, 2.24) is 5.32 Å². The molecule has 1 atom stereocenters. The number of amides is 1. The molecule has 0 heterocycles. The second kappa shape index (κ2) is 6.92. The van der Waals surface area contributed by atoms with Gasteiger partial charge in [-0.25, -0.2) is 0 Å². The zero-order chi connectivity index (χ0) is 13.8. The van der Waals surface area contributed by atoms with Crippen LogP contribution in [0, 0.1) is 0 Å². The van der Waals surface area contributed by atoms with Crippen molar-refractivity contribution in [3.8, 4) is 0 Å². The Hall–Kier alpha value is -0.0600. The van der Waals surface area contributed by atoms with Gasteiger partial charge in [0.15, 0.2) is 0 Å². The minimum atomic E-state index is -0.194. The van der Waals surface area contributed by atoms with E-state index in [2.05, 4.69) is 44.1 Å². The fourth-order valence-electron chi connectivity index (χ4n) is 1.52. The van der Waals surface area contributed by atoms with Crippen LogP contribution in [-0.4, -0.2) is 16.8 Å². The highest BCUT2D eigenvalue weighted by atomic mass is 79.9. The summed E-state index contributed by atoms with van der Waals surface area (Å²) in [6.07, 6.45) is 1.77. The van der Waals surface area contributed by atoms with E-state index in [9.17, 15) is 4.79 Å². The van der Waals surface area contributed by atoms with Gasteiger partial charge in [0.05, 0.1) is 5.02 Å². The van der Waals surface area contributed by atoms with Crippen LogP contribution in [0.4, 0.5) is 0 Å². The van der Waals surface area contributed by atoms with Gasteiger partial charge in [-0.1, -0.05) is 34.5 Å². The number of halogens is 3. The molecule has 0 saturated heterocycles. The highest BCUT2D eigenvalue weighted by Gasteiger charge is 2.24. The number of benzene rings is 1. The van der Waals surface area contributed by atoms with E-state index < -0.39 is 0 Å². The summed E-state index contributed by atoms with van der Waals surface area (Å²) in [6, 6.07) is 5.21. The van der Waals surface area contributed by atoms with Crippen molar-refractivity contribution >= 4 is 49.4 Å². The molecule has 1 unspecified atom stereocenters. The molecule has 0 aromatic heterocycles. The van der Waals surface area contributed by atoms with Gasteiger partial charge in [-0.15, -0.1) is 0 Å². The lowest BCUT2D eigenvalue weighted by molar-refractivity contribution is 0.0902. The molecule has 2 nitrogen and oxygen atoms in total. The summed E-state index contributed by atoms with van der Waals surface area (Å²) in [5.74, 6) is -0.0882. The predicted molar refractivity (Wildman–Crippen MR) is 83.7 cm³/mol. The topological polar surface area (TPSA) is 29.1 Å². The van der Waals surface area contributed by atoms with Gasteiger partial charge in [-0.3, -0.25) is 4.79 Å². The maximum absolute atomic E-state index is 12.2. The molecule has 1 N–H and O–H groups in total. The van der Waals surface area contributed by atoms with Crippen molar-refractivity contribution < 1.29 is 4.79 Å². The first-order valence-electron chi connectivity index (χ1n) is 5.75. The molecule has 0 bridgehead atoms. The van der Waals surface area contributed by atoms with Crippen LogP contribution in [0.25, 0.3) is 0 Å². The summed E-state index contributed by atoms with van der Waals surface area (Å²) in [6.45, 7) is 4.12. The van der Waals surface area contributed by atoms with E-state index >= 15 is 0 Å². The normalized spacial score (nSPS) is 14.1. The molecule has 0 aliphatic heterocycles. The molecule has 0 saturated carbocycles. The Morgan fingerprint density at radius 3 is 2.67 bits per heavy atom. The third-order valence-corrected chi connectivity index (χ3v) is 4.65. The molecule has 0 aliphatic carbocycles. The van der Waals surface area contributed by atoms with Crippen LogP contribution < -0.4 is 5.32 Å². The lowest BCUT2D eigenvalue weighted by Gasteiger charge is -2.29. The van der Waals surface area contributed by atoms with E-state index in [-0.39, 0.29) is 11.4 Å². The second-order valence-electron chi connectivity index (χ2n) is 4.44. The SMILES string of the molecule is CCC(C)(CCBr)NC(=O)c1ccc(Br)c(Cl)c1. The molecule has 1 aromatic rings. The first kappa shape index (κ1) is 16.0. The van der Waals surface area contributed by atoms with E-state index in [4.69, 9.17) is 11.6 Å². The van der Waals surface area contributed by atoms with E-state index in [1.807, 2.05) is 6.92 Å². The second-order valence-corrected chi connectivity index (χ2v) is 6.49. The number of hydrogen-bond acceptors (Lipinski definition) is 1. The molecule has 100 valence electrons. The first-order valence-corrected chi connectivity index (χ1v) is 8.04. The Kier molecular flexibility index (Phi) is 6.15. The van der Waals surface area contributed by atoms with Gasteiger partial charge < -0.3 is 5.32 Å². The summed E-state index contributed by atoms with van der Waals surface area (Å²) in [7, 11) is 0. The molecule has 1 aromatic carbocycles. The highest BCUT2D eigenvalue weighted by Crippen LogP contribution is 2.24. The molecule has 1 amide bonds. The molecule has 0 aliphatic rings. The fraction of sp³-hybridized carbons (Fsp3) is 0.462. The van der Waals surface area contributed by atoms with Crippen LogP contribution in [0.15, 0.2) is 22.7 Å². The maximum atomic E-state index is 12.2. The van der Waals surface area contributed by atoms with Gasteiger partial charge in [0, 0.05) is 20.9 Å². The van der Waals surface area contributed by atoms with Crippen LogP contribution in [0.3, 0.4) is 0 Å². The maximum Gasteiger partial charge on any atom is 0.251 e. The minimum absolute atomic E-state index is 0.0882. The van der Waals surface area contributed by atoms with Crippen molar-refractivity contribution in [2.75, 3.05) is 5.33 Å². The van der Waals surface area contributed by atoms with Crippen LogP contribution in [0.2, 0.25) is 5.02 Å². The van der Waals surface area contributed by atoms with E-state index in [0.717, 1.165) is 22.6 Å². The molecular weight excluding hydrogens is 381 g/mol. The molecule has 5 heteroatoms. The highest BCUT2D eigenvalue weighted by molar-refractivity contribution is 9.10. The van der Waals surface area contributed by atoms with Gasteiger partial charge >= 0.3 is 0 Å².